The van der Waals surface area contributed by atoms with Crippen LogP contribution in [0.25, 0.3) is 22.3 Å². The van der Waals surface area contributed by atoms with E-state index in [1.165, 1.54) is 11.1 Å². The van der Waals surface area contributed by atoms with Gasteiger partial charge in [0.1, 0.15) is 17.3 Å². The minimum Gasteiger partial charge on any atom is -0.493 e. The number of hydrogen-bond donors (Lipinski definition) is 2. The molecule has 3 N–H and O–H groups in total. The number of methoxy groups -OCH3 is 2. The first-order valence-electron chi connectivity index (χ1n) is 9.98. The number of rotatable bonds is 4. The van der Waals surface area contributed by atoms with Gasteiger partial charge in [-0.3, -0.25) is 5.10 Å². The van der Waals surface area contributed by atoms with Crippen LogP contribution in [0.15, 0.2) is 42.5 Å². The summed E-state index contributed by atoms with van der Waals surface area (Å²) in [5.74, 6) is 2.75. The lowest BCUT2D eigenvalue weighted by molar-refractivity contribution is 0.355. The molecule has 0 aliphatic heterocycles. The average molecular weight is 401 g/mol. The fraction of sp³-hybridized carbons (Fsp3) is 0.261. The summed E-state index contributed by atoms with van der Waals surface area (Å²) in [7, 11) is 3.22. The second-order valence-corrected chi connectivity index (χ2v) is 7.54. The molecule has 1 aliphatic carbocycles. The highest BCUT2D eigenvalue weighted by atomic mass is 16.5. The van der Waals surface area contributed by atoms with Crippen LogP contribution in [-0.4, -0.2) is 34.4 Å². The van der Waals surface area contributed by atoms with Gasteiger partial charge in [-0.15, -0.1) is 0 Å². The summed E-state index contributed by atoms with van der Waals surface area (Å²) < 4.78 is 10.7. The number of benzene rings is 2. The van der Waals surface area contributed by atoms with E-state index in [0.717, 1.165) is 36.0 Å². The molecule has 0 amide bonds. The number of hydrogen-bond acceptors (Lipinski definition) is 6. The van der Waals surface area contributed by atoms with Crippen molar-refractivity contribution >= 4 is 16.9 Å². The Kier molecular flexibility index (Phi) is 4.50. The molecule has 5 rings (SSSR count). The quantitative estimate of drug-likeness (QED) is 0.538. The first-order chi connectivity index (χ1) is 14.7. The number of nitrogens with one attached hydrogen (secondary N) is 1. The summed E-state index contributed by atoms with van der Waals surface area (Å²) in [6, 6.07) is 14.2. The van der Waals surface area contributed by atoms with Crippen LogP contribution in [0, 0.1) is 0 Å². The van der Waals surface area contributed by atoms with Crippen LogP contribution >= 0.6 is 0 Å². The van der Waals surface area contributed by atoms with Crippen molar-refractivity contribution in [3.63, 3.8) is 0 Å². The van der Waals surface area contributed by atoms with Gasteiger partial charge in [-0.2, -0.15) is 5.10 Å². The van der Waals surface area contributed by atoms with E-state index >= 15 is 0 Å². The molecule has 2 aromatic heterocycles. The largest absolute Gasteiger partial charge is 0.493 e. The Morgan fingerprint density at radius 1 is 1.00 bits per heavy atom. The summed E-state index contributed by atoms with van der Waals surface area (Å²) in [6.45, 7) is 0. The number of ether oxygens (including phenoxy) is 2. The van der Waals surface area contributed by atoms with Crippen molar-refractivity contribution in [3.8, 4) is 22.8 Å². The zero-order chi connectivity index (χ0) is 20.7. The van der Waals surface area contributed by atoms with Crippen LogP contribution in [0.2, 0.25) is 0 Å². The SMILES string of the molecule is COc1ccc(-c2n[nH]c3nc(C4CCc5ccccc5C4)nc(N)c23)cc1OC. The molecule has 152 valence electrons. The third-order valence-corrected chi connectivity index (χ3v) is 5.83. The number of nitrogens with two attached hydrogens (primary N) is 1. The molecule has 7 nitrogen and oxygen atoms in total. The molecule has 4 aromatic rings. The first kappa shape index (κ1) is 18.4. The number of nitrogen functional groups attached to an aromatic ring is 1. The molecule has 0 saturated heterocycles. The van der Waals surface area contributed by atoms with Gasteiger partial charge in [-0.25, -0.2) is 9.97 Å². The van der Waals surface area contributed by atoms with E-state index in [4.69, 9.17) is 20.2 Å². The van der Waals surface area contributed by atoms with E-state index in [2.05, 4.69) is 39.4 Å². The topological polar surface area (TPSA) is 98.9 Å². The lowest BCUT2D eigenvalue weighted by atomic mass is 9.83. The molecule has 1 atom stereocenters. The van der Waals surface area contributed by atoms with Crippen molar-refractivity contribution in [1.82, 2.24) is 20.2 Å². The zero-order valence-corrected chi connectivity index (χ0v) is 17.0. The number of nitrogens with zero attached hydrogens (tertiary/aromatic N) is 3. The monoisotopic (exact) mass is 401 g/mol. The molecule has 2 aromatic carbocycles. The summed E-state index contributed by atoms with van der Waals surface area (Å²) >= 11 is 0. The van der Waals surface area contributed by atoms with Crippen molar-refractivity contribution in [2.24, 2.45) is 0 Å². The van der Waals surface area contributed by atoms with E-state index < -0.39 is 0 Å². The third kappa shape index (κ3) is 3.03. The van der Waals surface area contributed by atoms with E-state index in [-0.39, 0.29) is 5.92 Å². The van der Waals surface area contributed by atoms with E-state index in [1.807, 2.05) is 18.2 Å². The minimum atomic E-state index is 0.249. The Hall–Kier alpha value is -3.61. The fourth-order valence-electron chi connectivity index (χ4n) is 4.27. The number of aromatic nitrogens is 4. The molecule has 0 fully saturated rings. The Labute approximate surface area is 174 Å². The minimum absolute atomic E-state index is 0.249. The first-order valence-corrected chi connectivity index (χ1v) is 9.98. The van der Waals surface area contributed by atoms with Gasteiger partial charge in [0.05, 0.1) is 19.6 Å². The Morgan fingerprint density at radius 2 is 1.80 bits per heavy atom. The predicted molar refractivity (Wildman–Crippen MR) is 116 cm³/mol. The summed E-state index contributed by atoms with van der Waals surface area (Å²) in [4.78, 5) is 9.47. The normalized spacial score (nSPS) is 15.7. The Bertz CT molecular complexity index is 1230. The van der Waals surface area contributed by atoms with Crippen molar-refractivity contribution in [2.45, 2.75) is 25.2 Å². The van der Waals surface area contributed by atoms with E-state index in [9.17, 15) is 0 Å². The summed E-state index contributed by atoms with van der Waals surface area (Å²) in [6.07, 6.45) is 2.97. The maximum Gasteiger partial charge on any atom is 0.161 e. The maximum absolute atomic E-state index is 6.40. The van der Waals surface area contributed by atoms with Gasteiger partial charge >= 0.3 is 0 Å². The van der Waals surface area contributed by atoms with Crippen molar-refractivity contribution in [3.05, 3.63) is 59.4 Å². The molecule has 0 radical (unpaired) electrons. The Balaban J connectivity index is 1.53. The highest BCUT2D eigenvalue weighted by molar-refractivity contribution is 5.98. The van der Waals surface area contributed by atoms with Crippen LogP contribution in [0.1, 0.15) is 29.3 Å². The van der Waals surface area contributed by atoms with Gasteiger partial charge in [0.25, 0.3) is 0 Å². The molecule has 0 bridgehead atoms. The predicted octanol–water partition coefficient (Wildman–Crippen LogP) is 3.89. The number of aromatic amines is 1. The van der Waals surface area contributed by atoms with Crippen molar-refractivity contribution in [2.75, 3.05) is 20.0 Å². The molecule has 1 unspecified atom stereocenters. The van der Waals surface area contributed by atoms with Crippen LogP contribution in [0.5, 0.6) is 11.5 Å². The van der Waals surface area contributed by atoms with E-state index in [1.54, 1.807) is 14.2 Å². The standard InChI is InChI=1S/C23H23N5O2/c1-29-17-10-9-15(12-18(17)30-2)20-19-21(24)25-22(26-23(19)28-27-20)16-8-7-13-5-3-4-6-14(13)11-16/h3-6,9-10,12,16H,7-8,11H2,1-2H3,(H3,24,25,26,27,28). The average Bonchev–Trinajstić information content (AvgIpc) is 3.23. The smallest absolute Gasteiger partial charge is 0.161 e. The molecule has 30 heavy (non-hydrogen) atoms. The van der Waals surface area contributed by atoms with Crippen LogP contribution < -0.4 is 15.2 Å². The van der Waals surface area contributed by atoms with Crippen molar-refractivity contribution < 1.29 is 9.47 Å². The second kappa shape index (κ2) is 7.33. The lowest BCUT2D eigenvalue weighted by Crippen LogP contribution is -2.16. The van der Waals surface area contributed by atoms with Gasteiger partial charge in [0.2, 0.25) is 0 Å². The molecule has 0 saturated carbocycles. The van der Waals surface area contributed by atoms with E-state index in [0.29, 0.717) is 28.7 Å². The van der Waals surface area contributed by atoms with Gasteiger partial charge in [-0.05, 0) is 48.6 Å². The third-order valence-electron chi connectivity index (χ3n) is 5.83. The molecule has 7 heteroatoms. The molecule has 2 heterocycles. The number of H-pyrrole nitrogens is 1. The number of anilines is 1. The summed E-state index contributed by atoms with van der Waals surface area (Å²) in [5, 5.41) is 8.24. The maximum atomic E-state index is 6.40. The van der Waals surface area contributed by atoms with Crippen molar-refractivity contribution in [1.29, 1.82) is 0 Å². The number of aryl methyl sites for hydroxylation is 1. The van der Waals surface area contributed by atoms with Gasteiger partial charge in [-0.1, -0.05) is 24.3 Å². The van der Waals surface area contributed by atoms with Crippen LogP contribution in [0.3, 0.4) is 0 Å². The zero-order valence-electron chi connectivity index (χ0n) is 17.0. The van der Waals surface area contributed by atoms with Gasteiger partial charge in [0, 0.05) is 11.5 Å². The van der Waals surface area contributed by atoms with Crippen LogP contribution in [-0.2, 0) is 12.8 Å². The lowest BCUT2D eigenvalue weighted by Gasteiger charge is -2.23. The highest BCUT2D eigenvalue weighted by Crippen LogP contribution is 2.37. The molecule has 1 aliphatic rings. The molecular weight excluding hydrogens is 378 g/mol. The molecule has 0 spiro atoms. The van der Waals surface area contributed by atoms with Crippen LogP contribution in [0.4, 0.5) is 5.82 Å². The Morgan fingerprint density at radius 3 is 2.60 bits per heavy atom. The summed E-state index contributed by atoms with van der Waals surface area (Å²) in [5.41, 5.74) is 11.4. The molecular formula is C23H23N5O2. The number of fused-ring (bicyclic) bond motifs is 2. The second-order valence-electron chi connectivity index (χ2n) is 7.54. The highest BCUT2D eigenvalue weighted by Gasteiger charge is 2.24. The van der Waals surface area contributed by atoms with Gasteiger partial charge in [0.15, 0.2) is 17.1 Å². The fourth-order valence-corrected chi connectivity index (χ4v) is 4.27. The van der Waals surface area contributed by atoms with Gasteiger partial charge < -0.3 is 15.2 Å².